The van der Waals surface area contributed by atoms with Gasteiger partial charge in [0.15, 0.2) is 18.4 Å². The van der Waals surface area contributed by atoms with Crippen molar-refractivity contribution in [2.45, 2.75) is 64.2 Å². The Morgan fingerprint density at radius 3 is 2.41 bits per heavy atom. The number of nitrogens with zero attached hydrogens (tertiary/aromatic N) is 5. The van der Waals surface area contributed by atoms with Crippen molar-refractivity contribution in [2.24, 2.45) is 5.11 Å². The molecule has 1 aromatic heterocycles. The van der Waals surface area contributed by atoms with Gasteiger partial charge in [-0.25, -0.2) is 4.79 Å². The molecule has 1 aromatic rings. The fraction of sp³-hybridized carbons (Fsp3) is 0.611. The second-order valence-electron chi connectivity index (χ2n) is 6.67. The number of ether oxygens (including phenoxy) is 4. The number of anilines is 1. The molecular formula is C18H24N6O8. The fourth-order valence-corrected chi connectivity index (χ4v) is 2.91. The van der Waals surface area contributed by atoms with Crippen LogP contribution in [0.25, 0.3) is 10.4 Å². The molecule has 32 heavy (non-hydrogen) atoms. The third-order valence-electron chi connectivity index (χ3n) is 4.52. The molecule has 1 aliphatic heterocycles. The summed E-state index contributed by atoms with van der Waals surface area (Å²) in [5.41, 5.74) is 11.7. The summed E-state index contributed by atoms with van der Waals surface area (Å²) in [5, 5.41) is 3.59. The number of esters is 3. The van der Waals surface area contributed by atoms with E-state index in [9.17, 15) is 24.7 Å². The van der Waals surface area contributed by atoms with Crippen LogP contribution in [0.5, 0.6) is 0 Å². The summed E-state index contributed by atoms with van der Waals surface area (Å²) in [4.78, 5) is 54.8. The summed E-state index contributed by atoms with van der Waals surface area (Å²) in [6.07, 6.45) is -3.30. The highest BCUT2D eigenvalue weighted by atomic mass is 16.7. The van der Waals surface area contributed by atoms with Crippen molar-refractivity contribution >= 4 is 23.7 Å². The molecule has 2 N–H and O–H groups in total. The molecule has 4 atom stereocenters. The van der Waals surface area contributed by atoms with Crippen molar-refractivity contribution in [3.63, 3.8) is 0 Å². The van der Waals surface area contributed by atoms with Gasteiger partial charge in [-0.15, -0.1) is 0 Å². The Labute approximate surface area is 182 Å². The Bertz CT molecular complexity index is 974. The Morgan fingerprint density at radius 2 is 1.84 bits per heavy atom. The van der Waals surface area contributed by atoms with Crippen LogP contribution >= 0.6 is 0 Å². The highest BCUT2D eigenvalue weighted by molar-refractivity contribution is 5.71. The van der Waals surface area contributed by atoms with Gasteiger partial charge in [-0.3, -0.25) is 19.0 Å². The molecule has 0 amide bonds. The zero-order valence-corrected chi connectivity index (χ0v) is 17.8. The maximum atomic E-state index is 12.4. The molecule has 0 radical (unpaired) electrons. The van der Waals surface area contributed by atoms with Crippen LogP contribution in [0.15, 0.2) is 22.2 Å². The van der Waals surface area contributed by atoms with Crippen LogP contribution in [-0.4, -0.2) is 52.0 Å². The van der Waals surface area contributed by atoms with E-state index in [2.05, 4.69) is 15.0 Å². The average molecular weight is 452 g/mol. The van der Waals surface area contributed by atoms with Crippen molar-refractivity contribution < 1.29 is 33.3 Å². The molecule has 0 unspecified atom stereocenters. The van der Waals surface area contributed by atoms with Gasteiger partial charge in [0.1, 0.15) is 12.4 Å². The van der Waals surface area contributed by atoms with Gasteiger partial charge in [0.05, 0.1) is 0 Å². The van der Waals surface area contributed by atoms with Crippen LogP contribution in [0.2, 0.25) is 0 Å². The van der Waals surface area contributed by atoms with E-state index >= 15 is 0 Å². The van der Waals surface area contributed by atoms with E-state index in [4.69, 9.17) is 24.7 Å². The smallest absolute Gasteiger partial charge is 0.351 e. The Kier molecular flexibility index (Phi) is 8.15. The zero-order chi connectivity index (χ0) is 23.9. The first-order chi connectivity index (χ1) is 15.2. The van der Waals surface area contributed by atoms with E-state index in [0.717, 1.165) is 4.57 Å². The molecule has 2 rings (SSSR count). The molecule has 174 valence electrons. The minimum absolute atomic E-state index is 0.00474. The van der Waals surface area contributed by atoms with Gasteiger partial charge in [-0.1, -0.05) is 25.9 Å². The van der Waals surface area contributed by atoms with E-state index in [1.807, 2.05) is 0 Å². The molecule has 0 aromatic carbocycles. The highest BCUT2D eigenvalue weighted by Crippen LogP contribution is 2.42. The lowest BCUT2D eigenvalue weighted by atomic mass is 10.0. The van der Waals surface area contributed by atoms with Crippen molar-refractivity contribution in [1.29, 1.82) is 0 Å². The van der Waals surface area contributed by atoms with Crippen molar-refractivity contribution in [3.05, 3.63) is 33.2 Å². The van der Waals surface area contributed by atoms with E-state index in [0.29, 0.717) is 0 Å². The Balaban J connectivity index is 2.64. The van der Waals surface area contributed by atoms with Crippen LogP contribution in [0, 0.1) is 0 Å². The standard InChI is InChI=1S/C18H24N6O8/c1-4-11(25)29-9-18(22-23-20)15(31-13(27)6-3)14(30-12(26)5-2)16(32-18)24-8-7-10(19)21-17(24)28/h7-8,14-16H,4-6,9H2,1-3H3,(H2,19,21,28)/t14-,15+,16+,18-/m1/s1. The third kappa shape index (κ3) is 5.34. The highest BCUT2D eigenvalue weighted by Gasteiger charge is 2.61. The first kappa shape index (κ1) is 24.6. The average Bonchev–Trinajstić information content (AvgIpc) is 3.05. The minimum atomic E-state index is -2.13. The van der Waals surface area contributed by atoms with Gasteiger partial charge in [0.25, 0.3) is 0 Å². The largest absolute Gasteiger partial charge is 0.462 e. The number of carbonyl (C=O) groups excluding carboxylic acids is 3. The molecule has 0 aliphatic carbocycles. The lowest BCUT2D eigenvalue weighted by molar-refractivity contribution is -0.179. The normalized spacial score (nSPS) is 24.3. The van der Waals surface area contributed by atoms with Gasteiger partial charge >= 0.3 is 23.6 Å². The molecule has 0 saturated carbocycles. The maximum Gasteiger partial charge on any atom is 0.351 e. The Morgan fingerprint density at radius 1 is 1.22 bits per heavy atom. The second-order valence-corrected chi connectivity index (χ2v) is 6.67. The van der Waals surface area contributed by atoms with Crippen LogP contribution < -0.4 is 11.4 Å². The van der Waals surface area contributed by atoms with Crippen LogP contribution in [-0.2, 0) is 33.3 Å². The van der Waals surface area contributed by atoms with Crippen molar-refractivity contribution in [3.8, 4) is 0 Å². The number of hydrogen-bond acceptors (Lipinski definition) is 11. The van der Waals surface area contributed by atoms with Crippen molar-refractivity contribution in [1.82, 2.24) is 9.55 Å². The first-order valence-electron chi connectivity index (χ1n) is 9.84. The molecule has 1 saturated heterocycles. The number of carbonyl (C=O) groups is 3. The summed E-state index contributed by atoms with van der Waals surface area (Å²) < 4.78 is 22.7. The number of azide groups is 1. The number of rotatable bonds is 9. The molecule has 14 heteroatoms. The fourth-order valence-electron chi connectivity index (χ4n) is 2.91. The zero-order valence-electron chi connectivity index (χ0n) is 17.8. The maximum absolute atomic E-state index is 12.4. The van der Waals surface area contributed by atoms with E-state index < -0.39 is 54.4 Å². The number of nitrogen functional groups attached to an aromatic ring is 1. The van der Waals surface area contributed by atoms with Crippen LogP contribution in [0.1, 0.15) is 46.3 Å². The summed E-state index contributed by atoms with van der Waals surface area (Å²) >= 11 is 0. The van der Waals surface area contributed by atoms with Gasteiger partial charge in [-0.05, 0) is 11.6 Å². The molecule has 1 aliphatic rings. The SMILES string of the molecule is CCC(=O)OC[C@@]1(N=[N+]=[N-])O[C@H](n2ccc(N)nc2=O)[C@H](OC(=O)CC)[C@@H]1OC(=O)CC. The summed E-state index contributed by atoms with van der Waals surface area (Å²) in [5.74, 6) is -2.17. The number of aromatic nitrogens is 2. The summed E-state index contributed by atoms with van der Waals surface area (Å²) in [6.45, 7) is 3.92. The molecule has 2 heterocycles. The topological polar surface area (TPSA) is 198 Å². The van der Waals surface area contributed by atoms with Crippen molar-refractivity contribution in [2.75, 3.05) is 12.3 Å². The first-order valence-corrected chi connectivity index (χ1v) is 9.84. The van der Waals surface area contributed by atoms with Gasteiger partial charge in [0.2, 0.25) is 5.72 Å². The van der Waals surface area contributed by atoms with Gasteiger partial charge in [-0.2, -0.15) is 4.98 Å². The quantitative estimate of drug-likeness (QED) is 0.185. The summed E-state index contributed by atoms with van der Waals surface area (Å²) in [6, 6.07) is 1.29. The monoisotopic (exact) mass is 452 g/mol. The Hall–Kier alpha value is -3.64. The van der Waals surface area contributed by atoms with Crippen LogP contribution in [0.3, 0.4) is 0 Å². The predicted octanol–water partition coefficient (Wildman–Crippen LogP) is 0.958. The number of hydrogen-bond donors (Lipinski definition) is 1. The molecular weight excluding hydrogens is 428 g/mol. The second kappa shape index (κ2) is 10.6. The molecule has 0 bridgehead atoms. The van der Waals surface area contributed by atoms with Crippen LogP contribution in [0.4, 0.5) is 5.82 Å². The lowest BCUT2D eigenvalue weighted by Crippen LogP contribution is -2.49. The molecule has 1 fully saturated rings. The molecule has 0 spiro atoms. The van der Waals surface area contributed by atoms with E-state index in [1.165, 1.54) is 26.1 Å². The third-order valence-corrected chi connectivity index (χ3v) is 4.52. The van der Waals surface area contributed by atoms with Gasteiger partial charge < -0.3 is 24.7 Å². The predicted molar refractivity (Wildman–Crippen MR) is 107 cm³/mol. The van der Waals surface area contributed by atoms with E-state index in [-0.39, 0.29) is 25.1 Å². The summed E-state index contributed by atoms with van der Waals surface area (Å²) in [7, 11) is 0. The minimum Gasteiger partial charge on any atom is -0.462 e. The van der Waals surface area contributed by atoms with E-state index in [1.54, 1.807) is 6.92 Å². The van der Waals surface area contributed by atoms with Gasteiger partial charge in [0, 0.05) is 30.4 Å². The number of nitrogens with two attached hydrogens (primary N) is 1. The molecule has 14 nitrogen and oxygen atoms in total. The lowest BCUT2D eigenvalue weighted by Gasteiger charge is -2.29.